The highest BCUT2D eigenvalue weighted by Crippen LogP contribution is 2.35. The molecule has 2 amide bonds. The summed E-state index contributed by atoms with van der Waals surface area (Å²) in [6.45, 7) is 0. The highest BCUT2D eigenvalue weighted by molar-refractivity contribution is 5.76. The van der Waals surface area contributed by atoms with E-state index in [1.165, 1.54) is 22.3 Å². The summed E-state index contributed by atoms with van der Waals surface area (Å²) < 4.78 is 0. The molecule has 1 aliphatic carbocycles. The highest BCUT2D eigenvalue weighted by atomic mass is 16.2. The molecular weight excluding hydrogens is 212 g/mol. The van der Waals surface area contributed by atoms with Crippen LogP contribution < -0.4 is 11.5 Å². The first-order valence-electron chi connectivity index (χ1n) is 5.39. The van der Waals surface area contributed by atoms with E-state index in [9.17, 15) is 0 Å². The summed E-state index contributed by atoms with van der Waals surface area (Å²) in [7, 11) is 0. The standard InChI is InChI=1S/C13H10.CH4N2O/c1-3-7-12-10(5-1)9-11-6-2-4-8-13(11)12;2-1(3)4/h1-8H,9H2;(H4,2,3,4). The first-order valence-corrected chi connectivity index (χ1v) is 5.39. The van der Waals surface area contributed by atoms with Crippen molar-refractivity contribution in [1.82, 2.24) is 0 Å². The first-order chi connectivity index (χ1) is 8.18. The fraction of sp³-hybridized carbons (Fsp3) is 0.0714. The van der Waals surface area contributed by atoms with Gasteiger partial charge in [-0.15, -0.1) is 0 Å². The summed E-state index contributed by atoms with van der Waals surface area (Å²) in [5.74, 6) is 0. The van der Waals surface area contributed by atoms with E-state index < -0.39 is 6.03 Å². The summed E-state index contributed by atoms with van der Waals surface area (Å²) in [4.78, 5) is 9.00. The van der Waals surface area contributed by atoms with Crippen molar-refractivity contribution in [2.24, 2.45) is 11.5 Å². The average Bonchev–Trinajstić information content (AvgIpc) is 2.66. The minimum Gasteiger partial charge on any atom is -0.352 e. The van der Waals surface area contributed by atoms with Crippen LogP contribution in [0.4, 0.5) is 4.79 Å². The number of primary amides is 2. The van der Waals surface area contributed by atoms with Gasteiger partial charge in [-0.25, -0.2) is 4.79 Å². The fourth-order valence-electron chi connectivity index (χ4n) is 2.08. The van der Waals surface area contributed by atoms with Gasteiger partial charge in [-0.2, -0.15) is 0 Å². The second-order valence-electron chi connectivity index (χ2n) is 3.89. The van der Waals surface area contributed by atoms with Gasteiger partial charge in [0.25, 0.3) is 0 Å². The lowest BCUT2D eigenvalue weighted by Crippen LogP contribution is -2.18. The largest absolute Gasteiger partial charge is 0.352 e. The quantitative estimate of drug-likeness (QED) is 0.606. The lowest BCUT2D eigenvalue weighted by atomic mass is 10.1. The maximum atomic E-state index is 9.00. The number of nitrogens with two attached hydrogens (primary N) is 2. The summed E-state index contributed by atoms with van der Waals surface area (Å²) >= 11 is 0. The topological polar surface area (TPSA) is 69.1 Å². The normalized spacial score (nSPS) is 10.8. The van der Waals surface area contributed by atoms with E-state index in [1.54, 1.807) is 0 Å². The molecule has 3 rings (SSSR count). The van der Waals surface area contributed by atoms with Gasteiger partial charge in [0.05, 0.1) is 0 Å². The Labute approximate surface area is 100 Å². The SMILES string of the molecule is NC(N)=O.c1ccc2c(c1)Cc1ccccc1-2. The molecule has 0 saturated heterocycles. The molecule has 3 heteroatoms. The molecule has 0 atom stereocenters. The van der Waals surface area contributed by atoms with Crippen molar-refractivity contribution in [3.63, 3.8) is 0 Å². The van der Waals surface area contributed by atoms with Crippen LogP contribution in [-0.4, -0.2) is 6.03 Å². The van der Waals surface area contributed by atoms with E-state index >= 15 is 0 Å². The second kappa shape index (κ2) is 4.70. The Morgan fingerprint density at radius 1 is 0.824 bits per heavy atom. The molecule has 17 heavy (non-hydrogen) atoms. The molecule has 0 radical (unpaired) electrons. The van der Waals surface area contributed by atoms with Crippen LogP contribution in [0.5, 0.6) is 0 Å². The molecule has 4 N–H and O–H groups in total. The molecule has 2 aromatic carbocycles. The van der Waals surface area contributed by atoms with Gasteiger partial charge in [-0.1, -0.05) is 48.5 Å². The Bertz CT molecular complexity index is 502. The van der Waals surface area contributed by atoms with Crippen molar-refractivity contribution in [3.8, 4) is 11.1 Å². The first kappa shape index (κ1) is 11.2. The molecule has 0 saturated carbocycles. The molecule has 0 spiro atoms. The van der Waals surface area contributed by atoms with Gasteiger partial charge in [0.2, 0.25) is 0 Å². The number of amides is 2. The third-order valence-corrected chi connectivity index (χ3v) is 2.71. The Balaban J connectivity index is 0.000000239. The highest BCUT2D eigenvalue weighted by Gasteiger charge is 2.15. The molecule has 0 bridgehead atoms. The van der Waals surface area contributed by atoms with Gasteiger partial charge in [0, 0.05) is 0 Å². The van der Waals surface area contributed by atoms with Crippen LogP contribution >= 0.6 is 0 Å². The number of rotatable bonds is 0. The molecule has 1 aliphatic rings. The third-order valence-electron chi connectivity index (χ3n) is 2.71. The summed E-state index contributed by atoms with van der Waals surface area (Å²) in [5, 5.41) is 0. The minimum absolute atomic E-state index is 0.833. The van der Waals surface area contributed by atoms with Crippen LogP contribution in [0.2, 0.25) is 0 Å². The maximum Gasteiger partial charge on any atom is 0.309 e. The van der Waals surface area contributed by atoms with Crippen molar-refractivity contribution in [1.29, 1.82) is 0 Å². The monoisotopic (exact) mass is 226 g/mol. The zero-order chi connectivity index (χ0) is 12.3. The molecular formula is C14H14N2O. The van der Waals surface area contributed by atoms with Crippen LogP contribution in [0.3, 0.4) is 0 Å². The van der Waals surface area contributed by atoms with Gasteiger partial charge in [0.15, 0.2) is 0 Å². The Kier molecular flexibility index (Phi) is 3.10. The van der Waals surface area contributed by atoms with Crippen LogP contribution in [0.25, 0.3) is 11.1 Å². The number of urea groups is 1. The van der Waals surface area contributed by atoms with Gasteiger partial charge >= 0.3 is 6.03 Å². The fourth-order valence-corrected chi connectivity index (χ4v) is 2.08. The molecule has 0 heterocycles. The molecule has 0 fully saturated rings. The molecule has 2 aromatic rings. The van der Waals surface area contributed by atoms with Gasteiger partial charge in [-0.3, -0.25) is 0 Å². The second-order valence-corrected chi connectivity index (χ2v) is 3.89. The summed E-state index contributed by atoms with van der Waals surface area (Å²) in [6, 6.07) is 16.5. The number of benzene rings is 2. The molecule has 86 valence electrons. The third kappa shape index (κ3) is 2.45. The van der Waals surface area contributed by atoms with Crippen molar-refractivity contribution in [2.45, 2.75) is 6.42 Å². The van der Waals surface area contributed by atoms with Crippen molar-refractivity contribution in [2.75, 3.05) is 0 Å². The van der Waals surface area contributed by atoms with E-state index in [2.05, 4.69) is 60.0 Å². The molecule has 3 nitrogen and oxygen atoms in total. The van der Waals surface area contributed by atoms with Crippen LogP contribution in [0, 0.1) is 0 Å². The van der Waals surface area contributed by atoms with Crippen LogP contribution in [0.15, 0.2) is 48.5 Å². The van der Waals surface area contributed by atoms with E-state index in [0.717, 1.165) is 6.42 Å². The Morgan fingerprint density at radius 2 is 1.18 bits per heavy atom. The zero-order valence-corrected chi connectivity index (χ0v) is 9.39. The summed E-state index contributed by atoms with van der Waals surface area (Å²) in [6.07, 6.45) is 1.10. The van der Waals surface area contributed by atoms with Crippen molar-refractivity contribution in [3.05, 3.63) is 59.7 Å². The van der Waals surface area contributed by atoms with E-state index in [1.807, 2.05) is 0 Å². The molecule has 0 aromatic heterocycles. The zero-order valence-electron chi connectivity index (χ0n) is 9.39. The number of hydrogen-bond acceptors (Lipinski definition) is 1. The number of fused-ring (bicyclic) bond motifs is 3. The van der Waals surface area contributed by atoms with E-state index in [-0.39, 0.29) is 0 Å². The average molecular weight is 226 g/mol. The molecule has 0 aliphatic heterocycles. The lowest BCUT2D eigenvalue weighted by Gasteiger charge is -1.98. The van der Waals surface area contributed by atoms with E-state index in [0.29, 0.717) is 0 Å². The maximum absolute atomic E-state index is 9.00. The predicted octanol–water partition coefficient (Wildman–Crippen LogP) is 2.28. The van der Waals surface area contributed by atoms with Crippen LogP contribution in [-0.2, 0) is 6.42 Å². The van der Waals surface area contributed by atoms with Crippen LogP contribution in [0.1, 0.15) is 11.1 Å². The smallest absolute Gasteiger partial charge is 0.309 e. The minimum atomic E-state index is -0.833. The Morgan fingerprint density at radius 3 is 1.59 bits per heavy atom. The van der Waals surface area contributed by atoms with Crippen molar-refractivity contribution < 1.29 is 4.79 Å². The van der Waals surface area contributed by atoms with Gasteiger partial charge in [-0.05, 0) is 28.7 Å². The lowest BCUT2D eigenvalue weighted by molar-refractivity contribution is 0.256. The number of carbonyl (C=O) groups excluding carboxylic acids is 1. The predicted molar refractivity (Wildman–Crippen MR) is 68.5 cm³/mol. The summed E-state index contributed by atoms with van der Waals surface area (Å²) in [5.41, 5.74) is 14.3. The molecule has 0 unspecified atom stereocenters. The number of carbonyl (C=O) groups is 1. The van der Waals surface area contributed by atoms with Gasteiger partial charge in [0.1, 0.15) is 0 Å². The Hall–Kier alpha value is -2.29. The number of hydrogen-bond donors (Lipinski definition) is 2. The van der Waals surface area contributed by atoms with Crippen molar-refractivity contribution >= 4 is 6.03 Å². The van der Waals surface area contributed by atoms with E-state index in [4.69, 9.17) is 4.79 Å². The van der Waals surface area contributed by atoms with Gasteiger partial charge < -0.3 is 11.5 Å².